The lowest BCUT2D eigenvalue weighted by molar-refractivity contribution is -0.0781. The van der Waals surface area contributed by atoms with E-state index in [1.165, 1.54) is 44.9 Å². The maximum absolute atomic E-state index is 6.04. The van der Waals surface area contributed by atoms with Gasteiger partial charge in [-0.3, -0.25) is 0 Å². The maximum Gasteiger partial charge on any atom is 0.158 e. The summed E-state index contributed by atoms with van der Waals surface area (Å²) in [5.41, 5.74) is 0. The highest BCUT2D eigenvalue weighted by atomic mass is 16.7. The zero-order valence-corrected chi connectivity index (χ0v) is 12.4. The van der Waals surface area contributed by atoms with Gasteiger partial charge in [-0.25, -0.2) is 0 Å². The summed E-state index contributed by atoms with van der Waals surface area (Å²) in [6.07, 6.45) is 11.1. The molecule has 0 aromatic heterocycles. The molecule has 0 aromatic rings. The van der Waals surface area contributed by atoms with Gasteiger partial charge in [-0.1, -0.05) is 52.9 Å². The Kier molecular flexibility index (Phi) is 5.50. The second kappa shape index (κ2) is 6.91. The normalized spacial score (nSPS) is 33.7. The van der Waals surface area contributed by atoms with E-state index in [9.17, 15) is 0 Å². The van der Waals surface area contributed by atoms with Crippen molar-refractivity contribution in [1.29, 1.82) is 0 Å². The summed E-state index contributed by atoms with van der Waals surface area (Å²) >= 11 is 0. The summed E-state index contributed by atoms with van der Waals surface area (Å²) < 4.78 is 12.1. The Morgan fingerprint density at radius 2 is 1.56 bits per heavy atom. The van der Waals surface area contributed by atoms with Gasteiger partial charge in [0.15, 0.2) is 6.29 Å². The van der Waals surface area contributed by atoms with Crippen LogP contribution in [0.5, 0.6) is 0 Å². The molecule has 0 aromatic carbocycles. The Hall–Kier alpha value is -0.0800. The van der Waals surface area contributed by atoms with Gasteiger partial charge in [-0.2, -0.15) is 0 Å². The molecule has 2 nitrogen and oxygen atoms in total. The molecule has 3 unspecified atom stereocenters. The fourth-order valence-electron chi connectivity index (χ4n) is 3.23. The van der Waals surface area contributed by atoms with Crippen molar-refractivity contribution < 1.29 is 9.47 Å². The first kappa shape index (κ1) is 14.3. The second-order valence-electron chi connectivity index (χ2n) is 6.73. The van der Waals surface area contributed by atoms with Crippen molar-refractivity contribution in [3.63, 3.8) is 0 Å². The molecule has 2 fully saturated rings. The average Bonchev–Trinajstić information content (AvgIpc) is 2.70. The van der Waals surface area contributed by atoms with Crippen LogP contribution < -0.4 is 0 Å². The highest BCUT2D eigenvalue weighted by Gasteiger charge is 2.37. The van der Waals surface area contributed by atoms with Crippen molar-refractivity contribution in [1.82, 2.24) is 0 Å². The van der Waals surface area contributed by atoms with Crippen LogP contribution in [0, 0.1) is 11.8 Å². The lowest BCUT2D eigenvalue weighted by Crippen LogP contribution is -2.25. The largest absolute Gasteiger partial charge is 0.347 e. The van der Waals surface area contributed by atoms with Crippen LogP contribution in [0.15, 0.2) is 0 Å². The molecule has 0 N–H and O–H groups in total. The predicted octanol–water partition coefficient (Wildman–Crippen LogP) is 4.52. The molecule has 1 aliphatic heterocycles. The van der Waals surface area contributed by atoms with Crippen molar-refractivity contribution >= 4 is 0 Å². The predicted molar refractivity (Wildman–Crippen MR) is 74.5 cm³/mol. The Labute approximate surface area is 112 Å². The van der Waals surface area contributed by atoms with E-state index in [1.807, 2.05) is 0 Å². The van der Waals surface area contributed by atoms with Crippen molar-refractivity contribution in [3.8, 4) is 0 Å². The minimum absolute atomic E-state index is 0.0900. The molecule has 18 heavy (non-hydrogen) atoms. The van der Waals surface area contributed by atoms with E-state index < -0.39 is 0 Å². The fourth-order valence-corrected chi connectivity index (χ4v) is 3.23. The Balaban J connectivity index is 1.64. The molecule has 3 atom stereocenters. The Morgan fingerprint density at radius 3 is 2.11 bits per heavy atom. The molecule has 1 saturated carbocycles. The Bertz CT molecular complexity index is 225. The lowest BCUT2D eigenvalue weighted by atomic mass is 9.95. The molecule has 2 aliphatic rings. The standard InChI is InChI=1S/C16H30O2/c1-12(2)7-6-8-13(3)11-16-17-14-9-4-5-10-15(14)18-16/h12-16H,4-11H2,1-3H3. The first-order chi connectivity index (χ1) is 8.65. The van der Waals surface area contributed by atoms with E-state index in [4.69, 9.17) is 9.47 Å². The van der Waals surface area contributed by atoms with Crippen LogP contribution in [0.25, 0.3) is 0 Å². The van der Waals surface area contributed by atoms with Gasteiger partial charge in [0.2, 0.25) is 0 Å². The fraction of sp³-hybridized carbons (Fsp3) is 1.00. The van der Waals surface area contributed by atoms with Gasteiger partial charge in [-0.15, -0.1) is 0 Å². The van der Waals surface area contributed by atoms with Crippen molar-refractivity contribution in [2.24, 2.45) is 11.8 Å². The second-order valence-corrected chi connectivity index (χ2v) is 6.73. The summed E-state index contributed by atoms with van der Waals surface area (Å²) in [5.74, 6) is 1.56. The van der Waals surface area contributed by atoms with Crippen LogP contribution in [0.1, 0.15) is 72.1 Å². The van der Waals surface area contributed by atoms with E-state index in [0.717, 1.165) is 18.3 Å². The summed E-state index contributed by atoms with van der Waals surface area (Å²) in [5, 5.41) is 0. The summed E-state index contributed by atoms with van der Waals surface area (Å²) in [4.78, 5) is 0. The number of hydrogen-bond donors (Lipinski definition) is 0. The van der Waals surface area contributed by atoms with Gasteiger partial charge in [0.1, 0.15) is 0 Å². The van der Waals surface area contributed by atoms with Crippen LogP contribution in [0.3, 0.4) is 0 Å². The van der Waals surface area contributed by atoms with E-state index in [-0.39, 0.29) is 6.29 Å². The van der Waals surface area contributed by atoms with E-state index in [2.05, 4.69) is 20.8 Å². The van der Waals surface area contributed by atoms with Crippen molar-refractivity contribution in [2.45, 2.75) is 90.6 Å². The molecule has 2 rings (SSSR count). The Morgan fingerprint density at radius 1 is 0.944 bits per heavy atom. The van der Waals surface area contributed by atoms with Crippen molar-refractivity contribution in [3.05, 3.63) is 0 Å². The molecule has 1 saturated heterocycles. The van der Waals surface area contributed by atoms with Crippen LogP contribution in [0.2, 0.25) is 0 Å². The summed E-state index contributed by atoms with van der Waals surface area (Å²) in [6.45, 7) is 6.95. The molecular weight excluding hydrogens is 224 g/mol. The summed E-state index contributed by atoms with van der Waals surface area (Å²) in [6, 6.07) is 0. The van der Waals surface area contributed by atoms with E-state index in [0.29, 0.717) is 12.2 Å². The minimum Gasteiger partial charge on any atom is -0.347 e. The third-order valence-corrected chi connectivity index (χ3v) is 4.37. The van der Waals surface area contributed by atoms with Gasteiger partial charge >= 0.3 is 0 Å². The first-order valence-electron chi connectivity index (χ1n) is 7.96. The minimum atomic E-state index is 0.0900. The SMILES string of the molecule is CC(C)CCCC(C)CC1OC2CCCCC2O1. The zero-order valence-electron chi connectivity index (χ0n) is 12.4. The van der Waals surface area contributed by atoms with Gasteiger partial charge in [-0.05, 0) is 24.7 Å². The smallest absolute Gasteiger partial charge is 0.158 e. The number of ether oxygens (including phenoxy) is 2. The number of fused-ring (bicyclic) bond motifs is 1. The van der Waals surface area contributed by atoms with Gasteiger partial charge in [0.25, 0.3) is 0 Å². The maximum atomic E-state index is 6.04. The highest BCUT2D eigenvalue weighted by molar-refractivity contribution is 4.82. The molecule has 106 valence electrons. The van der Waals surface area contributed by atoms with Gasteiger partial charge < -0.3 is 9.47 Å². The monoisotopic (exact) mass is 254 g/mol. The van der Waals surface area contributed by atoms with E-state index >= 15 is 0 Å². The lowest BCUT2D eigenvalue weighted by Gasteiger charge is -2.21. The quantitative estimate of drug-likeness (QED) is 0.693. The molecule has 1 aliphatic carbocycles. The zero-order chi connectivity index (χ0) is 13.0. The van der Waals surface area contributed by atoms with Crippen LogP contribution in [-0.2, 0) is 9.47 Å². The number of rotatable bonds is 6. The first-order valence-corrected chi connectivity index (χ1v) is 7.96. The summed E-state index contributed by atoms with van der Waals surface area (Å²) in [7, 11) is 0. The van der Waals surface area contributed by atoms with Gasteiger partial charge in [0, 0.05) is 6.42 Å². The third-order valence-electron chi connectivity index (χ3n) is 4.37. The third kappa shape index (κ3) is 4.24. The molecule has 0 amide bonds. The molecule has 0 bridgehead atoms. The molecule has 2 heteroatoms. The number of hydrogen-bond acceptors (Lipinski definition) is 2. The molecule has 1 heterocycles. The van der Waals surface area contributed by atoms with Crippen molar-refractivity contribution in [2.75, 3.05) is 0 Å². The molecule has 0 radical (unpaired) electrons. The van der Waals surface area contributed by atoms with E-state index in [1.54, 1.807) is 0 Å². The van der Waals surface area contributed by atoms with Crippen LogP contribution in [0.4, 0.5) is 0 Å². The highest BCUT2D eigenvalue weighted by Crippen LogP contribution is 2.34. The molecule has 0 spiro atoms. The average molecular weight is 254 g/mol. The topological polar surface area (TPSA) is 18.5 Å². The van der Waals surface area contributed by atoms with Gasteiger partial charge in [0.05, 0.1) is 12.2 Å². The van der Waals surface area contributed by atoms with Crippen LogP contribution in [-0.4, -0.2) is 18.5 Å². The molecular formula is C16H30O2. The van der Waals surface area contributed by atoms with Crippen LogP contribution >= 0.6 is 0 Å².